The van der Waals surface area contributed by atoms with Gasteiger partial charge in [0.15, 0.2) is 0 Å². The summed E-state index contributed by atoms with van der Waals surface area (Å²) in [6, 6.07) is 5.26. The Kier molecular flexibility index (Phi) is 4.80. The summed E-state index contributed by atoms with van der Waals surface area (Å²) < 4.78 is 11.3. The van der Waals surface area contributed by atoms with Gasteiger partial charge in [-0.3, -0.25) is 0 Å². The van der Waals surface area contributed by atoms with Crippen LogP contribution >= 0.6 is 23.8 Å². The Labute approximate surface area is 117 Å². The summed E-state index contributed by atoms with van der Waals surface area (Å²) in [5.74, 6) is 0.629. The zero-order valence-electron chi connectivity index (χ0n) is 10.0. The van der Waals surface area contributed by atoms with E-state index < -0.39 is 0 Å². The van der Waals surface area contributed by atoms with Crippen LogP contribution in [0.4, 0.5) is 0 Å². The van der Waals surface area contributed by atoms with Crippen LogP contribution in [0.25, 0.3) is 0 Å². The highest BCUT2D eigenvalue weighted by Crippen LogP contribution is 2.24. The fourth-order valence-electron chi connectivity index (χ4n) is 1.94. The van der Waals surface area contributed by atoms with E-state index in [4.69, 9.17) is 39.0 Å². The average molecular weight is 286 g/mol. The lowest BCUT2D eigenvalue weighted by Crippen LogP contribution is -2.26. The topological polar surface area (TPSA) is 44.5 Å². The van der Waals surface area contributed by atoms with Crippen molar-refractivity contribution in [3.63, 3.8) is 0 Å². The standard InChI is InChI=1S/C13H16ClNO2S/c14-9-4-5-11(13(15)18)12(7-9)17-8-10-3-1-2-6-16-10/h4-5,7,10H,1-3,6,8H2,(H2,15,18). The minimum Gasteiger partial charge on any atom is -0.490 e. The molecule has 3 nitrogen and oxygen atoms in total. The number of rotatable bonds is 4. The van der Waals surface area contributed by atoms with Crippen LogP contribution in [0.1, 0.15) is 24.8 Å². The Hall–Kier alpha value is -0.840. The lowest BCUT2D eigenvalue weighted by molar-refractivity contribution is -0.0111. The van der Waals surface area contributed by atoms with Crippen molar-refractivity contribution in [3.05, 3.63) is 28.8 Å². The Bertz CT molecular complexity index is 433. The molecule has 1 aliphatic heterocycles. The van der Waals surface area contributed by atoms with E-state index in [1.165, 1.54) is 6.42 Å². The second kappa shape index (κ2) is 6.36. The molecule has 0 amide bonds. The van der Waals surface area contributed by atoms with Gasteiger partial charge < -0.3 is 15.2 Å². The number of hydrogen-bond donors (Lipinski definition) is 1. The number of halogens is 1. The third-order valence-electron chi connectivity index (χ3n) is 2.91. The van der Waals surface area contributed by atoms with Crippen LogP contribution in [0.15, 0.2) is 18.2 Å². The van der Waals surface area contributed by atoms with Crippen molar-refractivity contribution in [2.45, 2.75) is 25.4 Å². The lowest BCUT2D eigenvalue weighted by Gasteiger charge is -2.23. The molecule has 1 unspecified atom stereocenters. The predicted molar refractivity (Wildman–Crippen MR) is 76.4 cm³/mol. The molecule has 0 radical (unpaired) electrons. The quantitative estimate of drug-likeness (QED) is 0.864. The van der Waals surface area contributed by atoms with E-state index in [2.05, 4.69) is 0 Å². The summed E-state index contributed by atoms with van der Waals surface area (Å²) in [6.45, 7) is 1.32. The fourth-order valence-corrected chi connectivity index (χ4v) is 2.27. The molecular formula is C13H16ClNO2S. The average Bonchev–Trinajstić information content (AvgIpc) is 2.37. The van der Waals surface area contributed by atoms with E-state index in [1.807, 2.05) is 0 Å². The molecular weight excluding hydrogens is 270 g/mol. The molecule has 2 N–H and O–H groups in total. The smallest absolute Gasteiger partial charge is 0.131 e. The van der Waals surface area contributed by atoms with Gasteiger partial charge in [-0.1, -0.05) is 23.8 Å². The maximum absolute atomic E-state index is 5.95. The van der Waals surface area contributed by atoms with E-state index >= 15 is 0 Å². The van der Waals surface area contributed by atoms with Crippen LogP contribution in [0, 0.1) is 0 Å². The molecule has 1 aliphatic rings. The molecule has 0 aromatic heterocycles. The molecule has 1 atom stereocenters. The molecule has 1 saturated heterocycles. The molecule has 18 heavy (non-hydrogen) atoms. The van der Waals surface area contributed by atoms with E-state index in [0.29, 0.717) is 27.9 Å². The molecule has 1 aromatic carbocycles. The van der Waals surface area contributed by atoms with Crippen LogP contribution in [0.5, 0.6) is 5.75 Å². The molecule has 1 aromatic rings. The van der Waals surface area contributed by atoms with Gasteiger partial charge in [-0.25, -0.2) is 0 Å². The van der Waals surface area contributed by atoms with Crippen LogP contribution in [-0.2, 0) is 4.74 Å². The second-order valence-corrected chi connectivity index (χ2v) is 5.18. The van der Waals surface area contributed by atoms with Gasteiger partial charge in [0.05, 0.1) is 11.7 Å². The van der Waals surface area contributed by atoms with Crippen LogP contribution in [-0.4, -0.2) is 24.3 Å². The summed E-state index contributed by atoms with van der Waals surface area (Å²) in [4.78, 5) is 0.311. The molecule has 1 fully saturated rings. The van der Waals surface area contributed by atoms with E-state index in [0.717, 1.165) is 19.4 Å². The molecule has 5 heteroatoms. The molecule has 2 rings (SSSR count). The minimum absolute atomic E-state index is 0.150. The van der Waals surface area contributed by atoms with Crippen molar-refractivity contribution in [2.75, 3.05) is 13.2 Å². The van der Waals surface area contributed by atoms with Crippen molar-refractivity contribution in [1.82, 2.24) is 0 Å². The van der Waals surface area contributed by atoms with Gasteiger partial charge in [0, 0.05) is 11.6 Å². The fraction of sp³-hybridized carbons (Fsp3) is 0.462. The Morgan fingerprint density at radius 2 is 2.33 bits per heavy atom. The first kappa shape index (κ1) is 13.6. The van der Waals surface area contributed by atoms with Crippen LogP contribution in [0.2, 0.25) is 5.02 Å². The van der Waals surface area contributed by atoms with E-state index in [1.54, 1.807) is 18.2 Å². The lowest BCUT2D eigenvalue weighted by atomic mass is 10.1. The molecule has 98 valence electrons. The first-order valence-corrected chi connectivity index (χ1v) is 6.79. The largest absolute Gasteiger partial charge is 0.490 e. The third kappa shape index (κ3) is 3.57. The maximum Gasteiger partial charge on any atom is 0.131 e. The zero-order valence-corrected chi connectivity index (χ0v) is 11.6. The SMILES string of the molecule is NC(=S)c1ccc(Cl)cc1OCC1CCCCO1. The Morgan fingerprint density at radius 3 is 3.00 bits per heavy atom. The van der Waals surface area contributed by atoms with E-state index in [9.17, 15) is 0 Å². The van der Waals surface area contributed by atoms with Crippen LogP contribution < -0.4 is 10.5 Å². The summed E-state index contributed by atoms with van der Waals surface area (Å²) in [7, 11) is 0. The summed E-state index contributed by atoms with van der Waals surface area (Å²) in [5.41, 5.74) is 6.36. The summed E-state index contributed by atoms with van der Waals surface area (Å²) in [5, 5.41) is 0.606. The molecule has 0 spiro atoms. The number of benzene rings is 1. The van der Waals surface area contributed by atoms with Crippen molar-refractivity contribution in [1.29, 1.82) is 0 Å². The Balaban J connectivity index is 2.03. The molecule has 0 bridgehead atoms. The van der Waals surface area contributed by atoms with Gasteiger partial charge >= 0.3 is 0 Å². The summed E-state index contributed by atoms with van der Waals surface area (Å²) in [6.07, 6.45) is 3.50. The monoisotopic (exact) mass is 285 g/mol. The number of hydrogen-bond acceptors (Lipinski definition) is 3. The predicted octanol–water partition coefficient (Wildman–Crippen LogP) is 2.92. The number of nitrogens with two attached hydrogens (primary N) is 1. The molecule has 0 saturated carbocycles. The van der Waals surface area contributed by atoms with E-state index in [-0.39, 0.29) is 6.10 Å². The van der Waals surface area contributed by atoms with Gasteiger partial charge in [0.25, 0.3) is 0 Å². The third-order valence-corrected chi connectivity index (χ3v) is 3.36. The summed E-state index contributed by atoms with van der Waals surface area (Å²) >= 11 is 10.9. The maximum atomic E-state index is 5.95. The highest BCUT2D eigenvalue weighted by molar-refractivity contribution is 7.80. The first-order valence-electron chi connectivity index (χ1n) is 6.00. The van der Waals surface area contributed by atoms with Crippen LogP contribution in [0.3, 0.4) is 0 Å². The molecule has 1 heterocycles. The minimum atomic E-state index is 0.150. The van der Waals surface area contributed by atoms with Crippen molar-refractivity contribution < 1.29 is 9.47 Å². The van der Waals surface area contributed by atoms with Gasteiger partial charge in [-0.2, -0.15) is 0 Å². The molecule has 0 aliphatic carbocycles. The first-order chi connectivity index (χ1) is 8.66. The normalized spacial score (nSPS) is 19.5. The number of thiocarbonyl (C=S) groups is 1. The van der Waals surface area contributed by atoms with Gasteiger partial charge in [0.2, 0.25) is 0 Å². The highest BCUT2D eigenvalue weighted by Gasteiger charge is 2.16. The highest BCUT2D eigenvalue weighted by atomic mass is 35.5. The van der Waals surface area contributed by atoms with Crippen molar-refractivity contribution in [3.8, 4) is 5.75 Å². The van der Waals surface area contributed by atoms with Crippen molar-refractivity contribution >= 4 is 28.8 Å². The Morgan fingerprint density at radius 1 is 1.50 bits per heavy atom. The number of ether oxygens (including phenoxy) is 2. The van der Waals surface area contributed by atoms with Gasteiger partial charge in [-0.15, -0.1) is 0 Å². The van der Waals surface area contributed by atoms with Gasteiger partial charge in [0.1, 0.15) is 17.3 Å². The zero-order chi connectivity index (χ0) is 13.0. The second-order valence-electron chi connectivity index (χ2n) is 4.30. The van der Waals surface area contributed by atoms with Gasteiger partial charge in [-0.05, 0) is 37.5 Å². The van der Waals surface area contributed by atoms with Crippen molar-refractivity contribution in [2.24, 2.45) is 5.73 Å².